The molecule has 1 aromatic carbocycles. The summed E-state index contributed by atoms with van der Waals surface area (Å²) in [5.74, 6) is 0. The number of hydrogen-bond acceptors (Lipinski definition) is 2. The Morgan fingerprint density at radius 1 is 1.20 bits per heavy atom. The van der Waals surface area contributed by atoms with Gasteiger partial charge in [0.2, 0.25) is 0 Å². The average Bonchev–Trinajstić information content (AvgIpc) is 2.33. The van der Waals surface area contributed by atoms with E-state index in [1.807, 2.05) is 12.1 Å². The highest BCUT2D eigenvalue weighted by molar-refractivity contribution is 7.80. The highest BCUT2D eigenvalue weighted by Crippen LogP contribution is 2.09. The molecule has 0 bridgehead atoms. The molecular weight excluding hydrogens is 266 g/mol. The normalized spacial score (nSPS) is 11.2. The molecule has 20 heavy (non-hydrogen) atoms. The van der Waals surface area contributed by atoms with Crippen LogP contribution in [0.2, 0.25) is 0 Å². The van der Waals surface area contributed by atoms with Gasteiger partial charge in [-0.25, -0.2) is 0 Å². The Hall–Kier alpha value is -1.13. The van der Waals surface area contributed by atoms with E-state index in [0.717, 1.165) is 18.8 Å². The lowest BCUT2D eigenvalue weighted by atomic mass is 10.2. The topological polar surface area (TPSA) is 27.3 Å². The van der Waals surface area contributed by atoms with Crippen LogP contribution in [0.5, 0.6) is 0 Å². The highest BCUT2D eigenvalue weighted by atomic mass is 32.1. The standard InChI is InChI=1S/C16H27N3S/c1-12(2)19(13(3)4)10-9-17-16(20)18-15-8-6-7-14(5)11-15/h6-8,11-13H,9-10H2,1-5H3,(H2,17,18,20). The Labute approximate surface area is 128 Å². The Bertz CT molecular complexity index is 421. The molecule has 112 valence electrons. The van der Waals surface area contributed by atoms with Crippen molar-refractivity contribution in [1.82, 2.24) is 10.2 Å². The lowest BCUT2D eigenvalue weighted by molar-refractivity contribution is 0.178. The van der Waals surface area contributed by atoms with Crippen LogP contribution in [0.3, 0.4) is 0 Å². The van der Waals surface area contributed by atoms with E-state index in [-0.39, 0.29) is 0 Å². The number of nitrogens with zero attached hydrogens (tertiary/aromatic N) is 1. The van der Waals surface area contributed by atoms with Crippen LogP contribution in [0.25, 0.3) is 0 Å². The second-order valence-corrected chi connectivity index (χ2v) is 6.08. The van der Waals surface area contributed by atoms with Crippen molar-refractivity contribution in [3.63, 3.8) is 0 Å². The van der Waals surface area contributed by atoms with E-state index in [1.54, 1.807) is 0 Å². The first-order valence-electron chi connectivity index (χ1n) is 7.27. The number of anilines is 1. The van der Waals surface area contributed by atoms with Crippen LogP contribution in [0.1, 0.15) is 33.3 Å². The summed E-state index contributed by atoms with van der Waals surface area (Å²) in [5.41, 5.74) is 2.26. The molecule has 0 amide bonds. The first kappa shape index (κ1) is 16.9. The maximum absolute atomic E-state index is 5.32. The molecular formula is C16H27N3S. The molecule has 0 heterocycles. The third-order valence-electron chi connectivity index (χ3n) is 3.26. The molecule has 0 atom stereocenters. The fourth-order valence-electron chi connectivity index (χ4n) is 2.31. The Balaban J connectivity index is 2.36. The summed E-state index contributed by atoms with van der Waals surface area (Å²) in [6.45, 7) is 12.8. The van der Waals surface area contributed by atoms with Crippen molar-refractivity contribution >= 4 is 23.0 Å². The van der Waals surface area contributed by atoms with Gasteiger partial charge < -0.3 is 10.6 Å². The van der Waals surface area contributed by atoms with Gasteiger partial charge in [-0.15, -0.1) is 0 Å². The summed E-state index contributed by atoms with van der Waals surface area (Å²) in [4.78, 5) is 2.45. The molecule has 0 saturated heterocycles. The van der Waals surface area contributed by atoms with Crippen molar-refractivity contribution in [2.75, 3.05) is 18.4 Å². The minimum Gasteiger partial charge on any atom is -0.361 e. The minimum atomic E-state index is 0.551. The van der Waals surface area contributed by atoms with Crippen molar-refractivity contribution in [1.29, 1.82) is 0 Å². The monoisotopic (exact) mass is 293 g/mol. The van der Waals surface area contributed by atoms with E-state index in [9.17, 15) is 0 Å². The zero-order chi connectivity index (χ0) is 15.1. The lowest BCUT2D eigenvalue weighted by Crippen LogP contribution is -2.43. The quantitative estimate of drug-likeness (QED) is 0.786. The van der Waals surface area contributed by atoms with E-state index >= 15 is 0 Å². The molecule has 0 saturated carbocycles. The molecule has 2 N–H and O–H groups in total. The smallest absolute Gasteiger partial charge is 0.170 e. The summed E-state index contributed by atoms with van der Waals surface area (Å²) in [6, 6.07) is 9.31. The second kappa shape index (κ2) is 8.22. The van der Waals surface area contributed by atoms with Gasteiger partial charge in [-0.1, -0.05) is 12.1 Å². The summed E-state index contributed by atoms with van der Waals surface area (Å²) in [6.07, 6.45) is 0. The Morgan fingerprint density at radius 2 is 1.85 bits per heavy atom. The summed E-state index contributed by atoms with van der Waals surface area (Å²) in [7, 11) is 0. The van der Waals surface area contributed by atoms with E-state index < -0.39 is 0 Å². The van der Waals surface area contributed by atoms with Crippen LogP contribution in [-0.4, -0.2) is 35.2 Å². The summed E-state index contributed by atoms with van der Waals surface area (Å²) in [5, 5.41) is 7.17. The van der Waals surface area contributed by atoms with Crippen LogP contribution in [0.15, 0.2) is 24.3 Å². The average molecular weight is 293 g/mol. The summed E-state index contributed by atoms with van der Waals surface area (Å²) >= 11 is 5.32. The van der Waals surface area contributed by atoms with Crippen molar-refractivity contribution < 1.29 is 0 Å². The van der Waals surface area contributed by atoms with Gasteiger partial charge in [0.1, 0.15) is 0 Å². The number of aryl methyl sites for hydroxylation is 1. The molecule has 0 unspecified atom stereocenters. The zero-order valence-electron chi connectivity index (χ0n) is 13.2. The van der Waals surface area contributed by atoms with E-state index in [0.29, 0.717) is 17.2 Å². The summed E-state index contributed by atoms with van der Waals surface area (Å²) < 4.78 is 0. The fourth-order valence-corrected chi connectivity index (χ4v) is 2.53. The minimum absolute atomic E-state index is 0.551. The van der Waals surface area contributed by atoms with Crippen molar-refractivity contribution in [2.24, 2.45) is 0 Å². The van der Waals surface area contributed by atoms with E-state index in [1.165, 1.54) is 5.56 Å². The predicted octanol–water partition coefficient (Wildman–Crippen LogP) is 3.40. The number of rotatable bonds is 6. The van der Waals surface area contributed by atoms with Crippen molar-refractivity contribution in [3.8, 4) is 0 Å². The van der Waals surface area contributed by atoms with Crippen LogP contribution >= 0.6 is 12.2 Å². The molecule has 0 radical (unpaired) electrons. The highest BCUT2D eigenvalue weighted by Gasteiger charge is 2.12. The van der Waals surface area contributed by atoms with Gasteiger partial charge in [-0.3, -0.25) is 4.90 Å². The van der Waals surface area contributed by atoms with Crippen LogP contribution in [0, 0.1) is 6.92 Å². The van der Waals surface area contributed by atoms with Crippen molar-refractivity contribution in [3.05, 3.63) is 29.8 Å². The molecule has 3 nitrogen and oxygen atoms in total. The van der Waals surface area contributed by atoms with E-state index in [2.05, 4.69) is 62.3 Å². The van der Waals surface area contributed by atoms with Gasteiger partial charge in [0.05, 0.1) is 0 Å². The van der Waals surface area contributed by atoms with E-state index in [4.69, 9.17) is 12.2 Å². The predicted molar refractivity (Wildman–Crippen MR) is 92.4 cm³/mol. The van der Waals surface area contributed by atoms with Crippen molar-refractivity contribution in [2.45, 2.75) is 46.7 Å². The molecule has 1 rings (SSSR count). The van der Waals surface area contributed by atoms with Crippen LogP contribution in [-0.2, 0) is 0 Å². The fraction of sp³-hybridized carbons (Fsp3) is 0.562. The van der Waals surface area contributed by atoms with Gasteiger partial charge in [-0.05, 0) is 64.5 Å². The maximum atomic E-state index is 5.32. The van der Waals surface area contributed by atoms with Gasteiger partial charge in [0.15, 0.2) is 5.11 Å². The molecule has 1 aromatic rings. The zero-order valence-corrected chi connectivity index (χ0v) is 14.1. The number of nitrogens with one attached hydrogen (secondary N) is 2. The lowest BCUT2D eigenvalue weighted by Gasteiger charge is -2.30. The second-order valence-electron chi connectivity index (χ2n) is 5.68. The van der Waals surface area contributed by atoms with Gasteiger partial charge in [-0.2, -0.15) is 0 Å². The molecule has 0 aliphatic rings. The molecule has 0 aliphatic heterocycles. The molecule has 0 spiro atoms. The largest absolute Gasteiger partial charge is 0.361 e. The van der Waals surface area contributed by atoms with Crippen LogP contribution in [0.4, 0.5) is 5.69 Å². The molecule has 0 aliphatic carbocycles. The first-order chi connectivity index (χ1) is 9.40. The number of hydrogen-bond donors (Lipinski definition) is 2. The van der Waals surface area contributed by atoms with Gasteiger partial charge in [0, 0.05) is 30.9 Å². The third-order valence-corrected chi connectivity index (χ3v) is 3.50. The molecule has 4 heteroatoms. The van der Waals surface area contributed by atoms with Gasteiger partial charge >= 0.3 is 0 Å². The van der Waals surface area contributed by atoms with Gasteiger partial charge in [0.25, 0.3) is 0 Å². The molecule has 0 aromatic heterocycles. The van der Waals surface area contributed by atoms with Crippen LogP contribution < -0.4 is 10.6 Å². The number of benzene rings is 1. The Morgan fingerprint density at radius 3 is 2.40 bits per heavy atom. The SMILES string of the molecule is Cc1cccc(NC(=S)NCCN(C(C)C)C(C)C)c1. The third kappa shape index (κ3) is 5.88. The first-order valence-corrected chi connectivity index (χ1v) is 7.68. The Kier molecular flexibility index (Phi) is 6.96. The number of thiocarbonyl (C=S) groups is 1. The molecule has 0 fully saturated rings. The maximum Gasteiger partial charge on any atom is 0.170 e.